The fraction of sp³-hybridized carbons (Fsp3) is 0.143. The minimum Gasteiger partial charge on any atom is -0.398 e. The quantitative estimate of drug-likeness (QED) is 0.850. The standard InChI is InChI=1S/C14H12FN3O/c15-10-2-1-9-4-6-18(13(9)7-10)14(19)11-8-17-5-3-12(11)16/h1-3,5,7-8H,4,6H2,(H2,16,17). The van der Waals surface area contributed by atoms with Crippen molar-refractivity contribution in [1.82, 2.24) is 4.98 Å². The molecule has 0 spiro atoms. The van der Waals surface area contributed by atoms with E-state index in [1.165, 1.54) is 24.5 Å². The minimum atomic E-state index is -0.349. The van der Waals surface area contributed by atoms with Crippen molar-refractivity contribution in [3.05, 3.63) is 53.6 Å². The number of amides is 1. The van der Waals surface area contributed by atoms with Crippen LogP contribution in [0.1, 0.15) is 15.9 Å². The highest BCUT2D eigenvalue weighted by Crippen LogP contribution is 2.30. The Morgan fingerprint density at radius 2 is 2.21 bits per heavy atom. The number of carbonyl (C=O) groups is 1. The van der Waals surface area contributed by atoms with Crippen molar-refractivity contribution in [2.75, 3.05) is 17.2 Å². The SMILES string of the molecule is Nc1ccncc1C(=O)N1CCc2ccc(F)cc21. The van der Waals surface area contributed by atoms with E-state index in [2.05, 4.69) is 4.98 Å². The van der Waals surface area contributed by atoms with Crippen molar-refractivity contribution in [3.8, 4) is 0 Å². The van der Waals surface area contributed by atoms with Gasteiger partial charge in [-0.2, -0.15) is 0 Å². The molecule has 96 valence electrons. The van der Waals surface area contributed by atoms with Crippen molar-refractivity contribution in [1.29, 1.82) is 0 Å². The molecular weight excluding hydrogens is 245 g/mol. The van der Waals surface area contributed by atoms with Crippen molar-refractivity contribution < 1.29 is 9.18 Å². The molecule has 2 N–H and O–H groups in total. The number of rotatable bonds is 1. The number of nitrogens with zero attached hydrogens (tertiary/aromatic N) is 2. The smallest absolute Gasteiger partial charge is 0.261 e. The van der Waals surface area contributed by atoms with Crippen LogP contribution in [0.25, 0.3) is 0 Å². The highest BCUT2D eigenvalue weighted by atomic mass is 19.1. The Bertz CT molecular complexity index is 657. The van der Waals surface area contributed by atoms with Crippen molar-refractivity contribution >= 4 is 17.3 Å². The predicted octanol–water partition coefficient (Wildman–Crippen LogP) is 2.01. The Hall–Kier alpha value is -2.43. The second-order valence-corrected chi connectivity index (χ2v) is 4.44. The van der Waals surface area contributed by atoms with E-state index in [1.54, 1.807) is 17.0 Å². The van der Waals surface area contributed by atoms with Gasteiger partial charge in [-0.05, 0) is 30.2 Å². The van der Waals surface area contributed by atoms with Crippen LogP contribution in [0.3, 0.4) is 0 Å². The highest BCUT2D eigenvalue weighted by molar-refractivity contribution is 6.10. The lowest BCUT2D eigenvalue weighted by Crippen LogP contribution is -2.29. The van der Waals surface area contributed by atoms with Crippen LogP contribution in [0.2, 0.25) is 0 Å². The van der Waals surface area contributed by atoms with Crippen LogP contribution in [0, 0.1) is 5.82 Å². The Balaban J connectivity index is 2.00. The molecule has 3 rings (SSSR count). The maximum atomic E-state index is 13.3. The molecule has 4 nitrogen and oxygen atoms in total. The first-order valence-corrected chi connectivity index (χ1v) is 5.96. The number of carbonyl (C=O) groups excluding carboxylic acids is 1. The molecule has 5 heteroatoms. The van der Waals surface area contributed by atoms with Gasteiger partial charge in [-0.1, -0.05) is 6.07 Å². The summed E-state index contributed by atoms with van der Waals surface area (Å²) in [6, 6.07) is 6.08. The maximum Gasteiger partial charge on any atom is 0.261 e. The number of pyridine rings is 1. The summed E-state index contributed by atoms with van der Waals surface area (Å²) >= 11 is 0. The summed E-state index contributed by atoms with van der Waals surface area (Å²) in [5.41, 5.74) is 8.09. The number of halogens is 1. The van der Waals surface area contributed by atoms with Gasteiger partial charge in [0.2, 0.25) is 0 Å². The number of anilines is 2. The molecule has 0 saturated carbocycles. The summed E-state index contributed by atoms with van der Waals surface area (Å²) in [5.74, 6) is -0.590. The molecule has 19 heavy (non-hydrogen) atoms. The summed E-state index contributed by atoms with van der Waals surface area (Å²) < 4.78 is 13.3. The molecule has 0 fully saturated rings. The van der Waals surface area contributed by atoms with Gasteiger partial charge in [0.1, 0.15) is 5.82 Å². The molecule has 0 aliphatic carbocycles. The maximum absolute atomic E-state index is 13.3. The molecule has 0 saturated heterocycles. The number of aromatic nitrogens is 1. The molecule has 2 aromatic rings. The predicted molar refractivity (Wildman–Crippen MR) is 70.4 cm³/mol. The second-order valence-electron chi connectivity index (χ2n) is 4.44. The fourth-order valence-corrected chi connectivity index (χ4v) is 2.29. The zero-order valence-electron chi connectivity index (χ0n) is 10.1. The molecular formula is C14H12FN3O. The number of benzene rings is 1. The molecule has 0 bridgehead atoms. The van der Waals surface area contributed by atoms with Crippen molar-refractivity contribution in [3.63, 3.8) is 0 Å². The number of nitrogens with two attached hydrogens (primary N) is 1. The third-order valence-corrected chi connectivity index (χ3v) is 3.27. The van der Waals surface area contributed by atoms with E-state index in [0.717, 1.165) is 12.0 Å². The van der Waals surface area contributed by atoms with Crippen LogP contribution in [0.15, 0.2) is 36.7 Å². The van der Waals surface area contributed by atoms with Gasteiger partial charge in [0.05, 0.1) is 11.3 Å². The van der Waals surface area contributed by atoms with Crippen LogP contribution in [-0.2, 0) is 6.42 Å². The molecule has 0 radical (unpaired) electrons. The van der Waals surface area contributed by atoms with E-state index in [9.17, 15) is 9.18 Å². The Morgan fingerprint density at radius 1 is 1.37 bits per heavy atom. The van der Waals surface area contributed by atoms with E-state index in [4.69, 9.17) is 5.73 Å². The Kier molecular flexibility index (Phi) is 2.67. The van der Waals surface area contributed by atoms with E-state index < -0.39 is 0 Å². The average molecular weight is 257 g/mol. The summed E-state index contributed by atoms with van der Waals surface area (Å²) in [7, 11) is 0. The lowest BCUT2D eigenvalue weighted by Gasteiger charge is -2.18. The van der Waals surface area contributed by atoms with Gasteiger partial charge in [0, 0.05) is 24.6 Å². The Labute approximate surface area is 109 Å². The van der Waals surface area contributed by atoms with Gasteiger partial charge in [-0.25, -0.2) is 4.39 Å². The van der Waals surface area contributed by atoms with Gasteiger partial charge in [0.25, 0.3) is 5.91 Å². The first-order valence-electron chi connectivity index (χ1n) is 5.96. The van der Waals surface area contributed by atoms with Gasteiger partial charge in [-0.3, -0.25) is 9.78 Å². The van der Waals surface area contributed by atoms with E-state index in [-0.39, 0.29) is 11.7 Å². The molecule has 1 aliphatic rings. The third-order valence-electron chi connectivity index (χ3n) is 3.27. The van der Waals surface area contributed by atoms with Gasteiger partial charge in [-0.15, -0.1) is 0 Å². The molecule has 2 heterocycles. The molecule has 1 aromatic carbocycles. The highest BCUT2D eigenvalue weighted by Gasteiger charge is 2.27. The zero-order chi connectivity index (χ0) is 13.4. The normalized spacial score (nSPS) is 13.4. The number of nitrogen functional groups attached to an aromatic ring is 1. The number of fused-ring (bicyclic) bond motifs is 1. The molecule has 1 aromatic heterocycles. The summed E-state index contributed by atoms with van der Waals surface area (Å²) in [4.78, 5) is 17.9. The second kappa shape index (κ2) is 4.35. The van der Waals surface area contributed by atoms with E-state index in [0.29, 0.717) is 23.5 Å². The largest absolute Gasteiger partial charge is 0.398 e. The van der Waals surface area contributed by atoms with Crippen molar-refractivity contribution in [2.24, 2.45) is 0 Å². The number of hydrogen-bond donors (Lipinski definition) is 1. The van der Waals surface area contributed by atoms with Gasteiger partial charge >= 0.3 is 0 Å². The van der Waals surface area contributed by atoms with Crippen LogP contribution < -0.4 is 10.6 Å². The van der Waals surface area contributed by atoms with E-state index in [1.807, 2.05) is 0 Å². The lowest BCUT2D eigenvalue weighted by atomic mass is 10.1. The Morgan fingerprint density at radius 3 is 3.00 bits per heavy atom. The third kappa shape index (κ3) is 1.93. The topological polar surface area (TPSA) is 59.2 Å². The molecule has 1 aliphatic heterocycles. The van der Waals surface area contributed by atoms with Crippen LogP contribution >= 0.6 is 0 Å². The summed E-state index contributed by atoms with van der Waals surface area (Å²) in [6.45, 7) is 0.534. The first kappa shape index (κ1) is 11.6. The molecule has 0 unspecified atom stereocenters. The zero-order valence-corrected chi connectivity index (χ0v) is 10.1. The lowest BCUT2D eigenvalue weighted by molar-refractivity contribution is 0.0990. The van der Waals surface area contributed by atoms with Gasteiger partial charge in [0.15, 0.2) is 0 Å². The molecule has 0 atom stereocenters. The fourth-order valence-electron chi connectivity index (χ4n) is 2.29. The first-order chi connectivity index (χ1) is 9.16. The van der Waals surface area contributed by atoms with E-state index >= 15 is 0 Å². The average Bonchev–Trinajstić information content (AvgIpc) is 2.81. The summed E-state index contributed by atoms with van der Waals surface area (Å²) in [6.07, 6.45) is 3.69. The number of hydrogen-bond acceptors (Lipinski definition) is 3. The van der Waals surface area contributed by atoms with Crippen LogP contribution in [-0.4, -0.2) is 17.4 Å². The minimum absolute atomic E-state index is 0.241. The van der Waals surface area contributed by atoms with Crippen LogP contribution in [0.5, 0.6) is 0 Å². The van der Waals surface area contributed by atoms with Gasteiger partial charge < -0.3 is 10.6 Å². The molecule has 1 amide bonds. The monoisotopic (exact) mass is 257 g/mol. The van der Waals surface area contributed by atoms with Crippen molar-refractivity contribution in [2.45, 2.75) is 6.42 Å². The summed E-state index contributed by atoms with van der Waals surface area (Å²) in [5, 5.41) is 0. The van der Waals surface area contributed by atoms with Crippen LogP contribution in [0.4, 0.5) is 15.8 Å².